The lowest BCUT2D eigenvalue weighted by Crippen LogP contribution is -2.56. The van der Waals surface area contributed by atoms with Gasteiger partial charge in [-0.2, -0.15) is 0 Å². The predicted molar refractivity (Wildman–Crippen MR) is 176 cm³/mol. The summed E-state index contributed by atoms with van der Waals surface area (Å²) in [6.45, 7) is 4.64. The Hall–Kier alpha value is -3.92. The third-order valence-electron chi connectivity index (χ3n) is 6.88. The van der Waals surface area contributed by atoms with Crippen LogP contribution in [0, 0.1) is 5.82 Å². The number of nitrogens with zero attached hydrogens (tertiary/aromatic N) is 2. The normalized spacial score (nSPS) is 12.3. The molecule has 11 heteroatoms. The van der Waals surface area contributed by atoms with Crippen molar-refractivity contribution in [3.63, 3.8) is 0 Å². The molecule has 0 bridgehead atoms. The lowest BCUT2D eigenvalue weighted by molar-refractivity contribution is -0.140. The maximum absolute atomic E-state index is 14.5. The molecule has 1 atom stereocenters. The Balaban J connectivity index is 1.83. The molecule has 4 aromatic rings. The summed E-state index contributed by atoms with van der Waals surface area (Å²) in [7, 11) is -4.36. The first-order chi connectivity index (χ1) is 21.3. The molecule has 2 amide bonds. The summed E-state index contributed by atoms with van der Waals surface area (Å²) in [6.07, 6.45) is 0.132. The monoisotopic (exact) mass is 669 g/mol. The van der Waals surface area contributed by atoms with Crippen molar-refractivity contribution in [3.8, 4) is 0 Å². The molecule has 0 fully saturated rings. The first kappa shape index (κ1) is 34.0. The van der Waals surface area contributed by atoms with Crippen LogP contribution < -0.4 is 9.62 Å². The number of para-hydroxylation sites is 1. The largest absolute Gasteiger partial charge is 0.350 e. The summed E-state index contributed by atoms with van der Waals surface area (Å²) in [6, 6.07) is 25.5. The lowest BCUT2D eigenvalue weighted by Gasteiger charge is -2.35. The Morgan fingerprint density at radius 3 is 1.93 bits per heavy atom. The number of carbonyl (C=O) groups is 2. The second-order valence-electron chi connectivity index (χ2n) is 11.5. The van der Waals surface area contributed by atoms with Crippen molar-refractivity contribution in [3.05, 3.63) is 130 Å². The summed E-state index contributed by atoms with van der Waals surface area (Å²) in [5.74, 6) is -1.71. The quantitative estimate of drug-likeness (QED) is 0.189. The van der Waals surface area contributed by atoms with Gasteiger partial charge in [-0.1, -0.05) is 77.8 Å². The highest BCUT2D eigenvalue weighted by atomic mass is 35.5. The first-order valence-corrected chi connectivity index (χ1v) is 16.4. The van der Waals surface area contributed by atoms with Gasteiger partial charge in [0.05, 0.1) is 10.6 Å². The first-order valence-electron chi connectivity index (χ1n) is 14.2. The standard InChI is InChI=1S/C34H34Cl2FN3O4S/c1-34(2,3)38-33(42)31(21-24-11-6-4-7-12-24)39(22-28-29(35)15-10-16-30(28)36)32(41)23-40(26-13-8-5-9-14-26)45(43,44)27-19-17-25(37)18-20-27/h4-20,31H,21-23H2,1-3H3,(H,38,42). The van der Waals surface area contributed by atoms with Crippen LogP contribution in [0.25, 0.3) is 0 Å². The molecule has 0 radical (unpaired) electrons. The van der Waals surface area contributed by atoms with Gasteiger partial charge in [0.2, 0.25) is 11.8 Å². The molecule has 0 aliphatic rings. The van der Waals surface area contributed by atoms with Gasteiger partial charge in [0.15, 0.2) is 0 Å². The number of benzene rings is 4. The van der Waals surface area contributed by atoms with Gasteiger partial charge in [-0.25, -0.2) is 12.8 Å². The minimum absolute atomic E-state index is 0.132. The fraction of sp³-hybridized carbons (Fsp3) is 0.235. The van der Waals surface area contributed by atoms with Crippen LogP contribution in [0.4, 0.5) is 10.1 Å². The molecule has 0 aliphatic carbocycles. The van der Waals surface area contributed by atoms with E-state index in [1.807, 2.05) is 51.1 Å². The van der Waals surface area contributed by atoms with Crippen LogP contribution in [0.1, 0.15) is 31.9 Å². The molecule has 7 nitrogen and oxygen atoms in total. The molecule has 1 N–H and O–H groups in total. The van der Waals surface area contributed by atoms with E-state index >= 15 is 0 Å². The molecule has 0 saturated heterocycles. The molecule has 236 valence electrons. The van der Waals surface area contributed by atoms with E-state index in [1.54, 1.807) is 48.5 Å². The maximum Gasteiger partial charge on any atom is 0.264 e. The zero-order valence-electron chi connectivity index (χ0n) is 25.1. The van der Waals surface area contributed by atoms with Gasteiger partial charge in [-0.3, -0.25) is 13.9 Å². The molecule has 0 aromatic heterocycles. The molecule has 1 unspecified atom stereocenters. The van der Waals surface area contributed by atoms with Crippen LogP contribution in [-0.4, -0.2) is 43.3 Å². The summed E-state index contributed by atoms with van der Waals surface area (Å²) >= 11 is 13.1. The molecule has 45 heavy (non-hydrogen) atoms. The number of sulfonamides is 1. The van der Waals surface area contributed by atoms with Crippen molar-refractivity contribution in [2.45, 2.75) is 50.2 Å². The van der Waals surface area contributed by atoms with Crippen molar-refractivity contribution >= 4 is 50.7 Å². The van der Waals surface area contributed by atoms with E-state index in [0.29, 0.717) is 5.56 Å². The number of nitrogens with one attached hydrogen (secondary N) is 1. The van der Waals surface area contributed by atoms with Crippen LogP contribution in [0.3, 0.4) is 0 Å². The third kappa shape index (κ3) is 8.84. The van der Waals surface area contributed by atoms with Crippen LogP contribution in [0.2, 0.25) is 10.0 Å². The Kier molecular flexibility index (Phi) is 10.9. The van der Waals surface area contributed by atoms with Crippen molar-refractivity contribution in [1.82, 2.24) is 10.2 Å². The molecular weight excluding hydrogens is 636 g/mol. The number of carbonyl (C=O) groups excluding carboxylic acids is 2. The highest BCUT2D eigenvalue weighted by molar-refractivity contribution is 7.92. The summed E-state index contributed by atoms with van der Waals surface area (Å²) in [4.78, 5) is 29.5. The minimum atomic E-state index is -4.36. The molecular formula is C34H34Cl2FN3O4S. The van der Waals surface area contributed by atoms with E-state index in [0.717, 1.165) is 34.1 Å². The molecule has 0 heterocycles. The van der Waals surface area contributed by atoms with Crippen LogP contribution in [0.5, 0.6) is 0 Å². The average Bonchev–Trinajstić information content (AvgIpc) is 2.99. The number of hydrogen-bond acceptors (Lipinski definition) is 4. The van der Waals surface area contributed by atoms with Gasteiger partial charge in [-0.05, 0) is 74.9 Å². The van der Waals surface area contributed by atoms with Crippen molar-refractivity contribution in [2.75, 3.05) is 10.8 Å². The van der Waals surface area contributed by atoms with Gasteiger partial charge in [0.25, 0.3) is 10.0 Å². The van der Waals surface area contributed by atoms with E-state index in [4.69, 9.17) is 23.2 Å². The van der Waals surface area contributed by atoms with E-state index in [1.165, 1.54) is 4.90 Å². The molecule has 0 aliphatic heterocycles. The predicted octanol–water partition coefficient (Wildman–Crippen LogP) is 6.88. The van der Waals surface area contributed by atoms with Crippen LogP contribution in [-0.2, 0) is 32.6 Å². The van der Waals surface area contributed by atoms with Crippen molar-refractivity contribution in [2.24, 2.45) is 0 Å². The van der Waals surface area contributed by atoms with Gasteiger partial charge in [-0.15, -0.1) is 0 Å². The van der Waals surface area contributed by atoms with Gasteiger partial charge >= 0.3 is 0 Å². The Labute approximate surface area is 273 Å². The number of rotatable bonds is 11. The number of halogens is 3. The van der Waals surface area contributed by atoms with E-state index < -0.39 is 45.8 Å². The van der Waals surface area contributed by atoms with Crippen molar-refractivity contribution in [1.29, 1.82) is 0 Å². The fourth-order valence-electron chi connectivity index (χ4n) is 4.72. The summed E-state index contributed by atoms with van der Waals surface area (Å²) in [5.41, 5.74) is 0.770. The number of anilines is 1. The van der Waals surface area contributed by atoms with E-state index in [-0.39, 0.29) is 33.6 Å². The summed E-state index contributed by atoms with van der Waals surface area (Å²) in [5, 5.41) is 3.54. The van der Waals surface area contributed by atoms with E-state index in [9.17, 15) is 22.4 Å². The molecule has 0 spiro atoms. The fourth-order valence-corrected chi connectivity index (χ4v) is 6.65. The second-order valence-corrected chi connectivity index (χ2v) is 14.1. The highest BCUT2D eigenvalue weighted by Crippen LogP contribution is 2.29. The number of hydrogen-bond donors (Lipinski definition) is 1. The zero-order chi connectivity index (χ0) is 32.8. The Bertz CT molecular complexity index is 1710. The summed E-state index contributed by atoms with van der Waals surface area (Å²) < 4.78 is 42.6. The Morgan fingerprint density at radius 2 is 1.38 bits per heavy atom. The molecule has 4 aromatic carbocycles. The lowest BCUT2D eigenvalue weighted by atomic mass is 10.0. The molecule has 4 rings (SSSR count). The topological polar surface area (TPSA) is 86.8 Å². The highest BCUT2D eigenvalue weighted by Gasteiger charge is 2.36. The van der Waals surface area contributed by atoms with Gasteiger partial charge < -0.3 is 10.2 Å². The Morgan fingerprint density at radius 1 is 0.822 bits per heavy atom. The average molecular weight is 671 g/mol. The minimum Gasteiger partial charge on any atom is -0.350 e. The maximum atomic E-state index is 14.5. The van der Waals surface area contributed by atoms with Crippen LogP contribution >= 0.6 is 23.2 Å². The van der Waals surface area contributed by atoms with Gasteiger partial charge in [0, 0.05) is 34.1 Å². The SMILES string of the molecule is CC(C)(C)NC(=O)C(Cc1ccccc1)N(Cc1c(Cl)cccc1Cl)C(=O)CN(c1ccccc1)S(=O)(=O)c1ccc(F)cc1. The third-order valence-corrected chi connectivity index (χ3v) is 9.38. The number of amides is 2. The smallest absolute Gasteiger partial charge is 0.264 e. The molecule has 0 saturated carbocycles. The van der Waals surface area contributed by atoms with E-state index in [2.05, 4.69) is 5.32 Å². The second kappa shape index (κ2) is 14.5. The van der Waals surface area contributed by atoms with Crippen LogP contribution in [0.15, 0.2) is 108 Å². The van der Waals surface area contributed by atoms with Gasteiger partial charge in [0.1, 0.15) is 18.4 Å². The zero-order valence-corrected chi connectivity index (χ0v) is 27.4. The van der Waals surface area contributed by atoms with Crippen molar-refractivity contribution < 1.29 is 22.4 Å².